The summed E-state index contributed by atoms with van der Waals surface area (Å²) in [6.07, 6.45) is 5.91. The van der Waals surface area contributed by atoms with Crippen LogP contribution in [-0.4, -0.2) is 18.1 Å². The van der Waals surface area contributed by atoms with Crippen molar-refractivity contribution in [1.82, 2.24) is 10.3 Å². The summed E-state index contributed by atoms with van der Waals surface area (Å²) in [6.45, 7) is 9.07. The van der Waals surface area contributed by atoms with Gasteiger partial charge in [0.2, 0.25) is 0 Å². The van der Waals surface area contributed by atoms with E-state index in [9.17, 15) is 0 Å². The molecule has 2 heterocycles. The lowest BCUT2D eigenvalue weighted by Crippen LogP contribution is -2.48. The molecular formula is C14H21ClN2. The van der Waals surface area contributed by atoms with Gasteiger partial charge in [0, 0.05) is 17.8 Å². The first-order valence-electron chi connectivity index (χ1n) is 6.28. The molecule has 0 aromatic carbocycles. The summed E-state index contributed by atoms with van der Waals surface area (Å²) in [5.74, 6) is 0. The van der Waals surface area contributed by atoms with E-state index in [1.165, 1.54) is 5.56 Å². The number of aromatic nitrogens is 1. The van der Waals surface area contributed by atoms with Gasteiger partial charge in [-0.15, -0.1) is 0 Å². The molecule has 0 amide bonds. The van der Waals surface area contributed by atoms with E-state index in [-0.39, 0.29) is 10.8 Å². The minimum atomic E-state index is 0.165. The maximum absolute atomic E-state index is 6.37. The van der Waals surface area contributed by atoms with Crippen molar-refractivity contribution in [1.29, 1.82) is 0 Å². The lowest BCUT2D eigenvalue weighted by molar-refractivity contribution is 0.134. The van der Waals surface area contributed by atoms with Crippen molar-refractivity contribution in [3.8, 4) is 0 Å². The van der Waals surface area contributed by atoms with Gasteiger partial charge in [0.1, 0.15) is 0 Å². The van der Waals surface area contributed by atoms with Gasteiger partial charge in [-0.3, -0.25) is 4.98 Å². The predicted octanol–water partition coefficient (Wildman–Crippen LogP) is 3.40. The fraction of sp³-hybridized carbons (Fsp3) is 0.643. The number of nitrogens with one attached hydrogen (secondary N) is 1. The molecule has 0 unspecified atom stereocenters. The predicted molar refractivity (Wildman–Crippen MR) is 72.5 cm³/mol. The van der Waals surface area contributed by atoms with E-state index in [2.05, 4.69) is 37.1 Å². The summed E-state index contributed by atoms with van der Waals surface area (Å²) in [7, 11) is 0. The van der Waals surface area contributed by atoms with Crippen molar-refractivity contribution < 1.29 is 0 Å². The number of hydrogen-bond acceptors (Lipinski definition) is 2. The average molecular weight is 253 g/mol. The molecule has 0 saturated carbocycles. The summed E-state index contributed by atoms with van der Waals surface area (Å²) in [5.41, 5.74) is 1.64. The summed E-state index contributed by atoms with van der Waals surface area (Å²) in [4.78, 5) is 4.11. The van der Waals surface area contributed by atoms with E-state index >= 15 is 0 Å². The molecule has 0 spiro atoms. The number of halogens is 1. The van der Waals surface area contributed by atoms with Crippen LogP contribution in [0.2, 0.25) is 5.02 Å². The Morgan fingerprint density at radius 3 is 2.47 bits per heavy atom. The lowest BCUT2D eigenvalue weighted by Gasteiger charge is -2.48. The average Bonchev–Trinajstić information content (AvgIpc) is 2.29. The van der Waals surface area contributed by atoms with E-state index in [0.717, 1.165) is 31.0 Å². The van der Waals surface area contributed by atoms with Gasteiger partial charge in [0.15, 0.2) is 0 Å². The van der Waals surface area contributed by atoms with Crippen LogP contribution < -0.4 is 5.32 Å². The molecule has 2 rings (SSSR count). The number of hydrogen-bond donors (Lipinski definition) is 1. The minimum absolute atomic E-state index is 0.165. The third-order valence-corrected chi connectivity index (χ3v) is 4.48. The van der Waals surface area contributed by atoms with E-state index in [1.807, 2.05) is 6.20 Å². The monoisotopic (exact) mass is 252 g/mol. The first-order valence-corrected chi connectivity index (χ1v) is 6.66. The van der Waals surface area contributed by atoms with Crippen LogP contribution in [-0.2, 0) is 5.41 Å². The Morgan fingerprint density at radius 2 is 1.94 bits per heavy atom. The van der Waals surface area contributed by atoms with Crippen LogP contribution in [0.5, 0.6) is 0 Å². The highest BCUT2D eigenvalue weighted by Crippen LogP contribution is 2.49. The summed E-state index contributed by atoms with van der Waals surface area (Å²) in [6, 6.07) is 2.10. The van der Waals surface area contributed by atoms with Gasteiger partial charge < -0.3 is 5.32 Å². The van der Waals surface area contributed by atoms with Gasteiger partial charge in [-0.1, -0.05) is 32.4 Å². The minimum Gasteiger partial charge on any atom is -0.317 e. The molecule has 17 heavy (non-hydrogen) atoms. The Hall–Kier alpha value is -0.600. The second kappa shape index (κ2) is 4.58. The summed E-state index contributed by atoms with van der Waals surface area (Å²) < 4.78 is 0. The maximum atomic E-state index is 6.37. The highest BCUT2D eigenvalue weighted by molar-refractivity contribution is 6.31. The Morgan fingerprint density at radius 1 is 1.29 bits per heavy atom. The van der Waals surface area contributed by atoms with Gasteiger partial charge in [0.25, 0.3) is 0 Å². The molecule has 0 bridgehead atoms. The topological polar surface area (TPSA) is 24.9 Å². The number of rotatable bonds is 1. The molecule has 1 aromatic rings. The van der Waals surface area contributed by atoms with Gasteiger partial charge in [0.05, 0.1) is 5.02 Å². The highest BCUT2D eigenvalue weighted by atomic mass is 35.5. The van der Waals surface area contributed by atoms with Crippen molar-refractivity contribution in [2.75, 3.05) is 13.1 Å². The van der Waals surface area contributed by atoms with Crippen molar-refractivity contribution in [3.05, 3.63) is 29.0 Å². The zero-order valence-corrected chi connectivity index (χ0v) is 11.6. The van der Waals surface area contributed by atoms with E-state index in [1.54, 1.807) is 6.20 Å². The molecule has 1 aliphatic heterocycles. The number of nitrogens with zero attached hydrogens (tertiary/aromatic N) is 1. The molecule has 0 aliphatic carbocycles. The van der Waals surface area contributed by atoms with Crippen LogP contribution in [0.4, 0.5) is 0 Å². The van der Waals surface area contributed by atoms with Crippen molar-refractivity contribution in [3.63, 3.8) is 0 Å². The van der Waals surface area contributed by atoms with Crippen molar-refractivity contribution >= 4 is 11.6 Å². The van der Waals surface area contributed by atoms with Crippen LogP contribution in [0.1, 0.15) is 39.2 Å². The van der Waals surface area contributed by atoms with Crippen molar-refractivity contribution in [2.45, 2.75) is 39.0 Å². The van der Waals surface area contributed by atoms with E-state index < -0.39 is 0 Å². The summed E-state index contributed by atoms with van der Waals surface area (Å²) in [5, 5.41) is 4.25. The van der Waals surface area contributed by atoms with Gasteiger partial charge >= 0.3 is 0 Å². The first kappa shape index (κ1) is 12.8. The smallest absolute Gasteiger partial charge is 0.0627 e. The van der Waals surface area contributed by atoms with Gasteiger partial charge in [-0.2, -0.15) is 0 Å². The number of pyridine rings is 1. The zero-order valence-electron chi connectivity index (χ0n) is 10.9. The molecular weight excluding hydrogens is 232 g/mol. The molecule has 94 valence electrons. The maximum Gasteiger partial charge on any atom is 0.0627 e. The quantitative estimate of drug-likeness (QED) is 0.829. The molecule has 1 fully saturated rings. The van der Waals surface area contributed by atoms with E-state index in [4.69, 9.17) is 11.6 Å². The second-order valence-corrected chi connectivity index (χ2v) is 6.34. The number of piperidine rings is 1. The second-order valence-electron chi connectivity index (χ2n) is 5.94. The highest BCUT2D eigenvalue weighted by Gasteiger charge is 2.44. The fourth-order valence-electron chi connectivity index (χ4n) is 3.04. The van der Waals surface area contributed by atoms with Gasteiger partial charge in [-0.25, -0.2) is 0 Å². The first-order chi connectivity index (χ1) is 7.97. The fourth-order valence-corrected chi connectivity index (χ4v) is 3.34. The lowest BCUT2D eigenvalue weighted by atomic mass is 9.58. The molecule has 2 nitrogen and oxygen atoms in total. The van der Waals surface area contributed by atoms with Crippen LogP contribution in [0.25, 0.3) is 0 Å². The van der Waals surface area contributed by atoms with Crippen LogP contribution in [0.3, 0.4) is 0 Å². The van der Waals surface area contributed by atoms with Crippen LogP contribution >= 0.6 is 11.6 Å². The van der Waals surface area contributed by atoms with Crippen molar-refractivity contribution in [2.24, 2.45) is 5.41 Å². The van der Waals surface area contributed by atoms with Crippen LogP contribution in [0.15, 0.2) is 18.5 Å². The largest absolute Gasteiger partial charge is 0.317 e. The normalized spacial score (nSPS) is 20.2. The van der Waals surface area contributed by atoms with Crippen LogP contribution in [0, 0.1) is 5.41 Å². The molecule has 0 atom stereocenters. The molecule has 1 aliphatic rings. The Kier molecular flexibility index (Phi) is 3.46. The molecule has 1 saturated heterocycles. The third-order valence-electron chi connectivity index (χ3n) is 4.18. The molecule has 1 aromatic heterocycles. The standard InChI is InChI=1S/C14H21ClN2/c1-13(2,3)14(5-8-16-9-6-14)11-4-7-17-10-12(11)15/h4,7,10,16H,5-6,8-9H2,1-3H3. The Bertz CT molecular complexity index is 389. The zero-order chi connectivity index (χ0) is 12.5. The van der Waals surface area contributed by atoms with E-state index in [0.29, 0.717) is 0 Å². The Balaban J connectivity index is 2.51. The summed E-state index contributed by atoms with van der Waals surface area (Å²) >= 11 is 6.37. The van der Waals surface area contributed by atoms with Gasteiger partial charge in [-0.05, 0) is 43.0 Å². The molecule has 1 N–H and O–H groups in total. The third kappa shape index (κ3) is 2.21. The Labute approximate surface area is 109 Å². The SMILES string of the molecule is CC(C)(C)C1(c2ccncc2Cl)CCNCC1. The molecule has 0 radical (unpaired) electrons. The molecule has 3 heteroatoms.